The fourth-order valence-electron chi connectivity index (χ4n) is 2.37. The van der Waals surface area contributed by atoms with Gasteiger partial charge < -0.3 is 11.1 Å². The number of hydrogen-bond acceptors (Lipinski definition) is 2. The van der Waals surface area contributed by atoms with Crippen molar-refractivity contribution in [3.63, 3.8) is 0 Å². The number of benzene rings is 2. The van der Waals surface area contributed by atoms with Crippen molar-refractivity contribution in [1.82, 2.24) is 0 Å². The van der Waals surface area contributed by atoms with E-state index in [0.29, 0.717) is 0 Å². The van der Waals surface area contributed by atoms with Gasteiger partial charge in [-0.1, -0.05) is 41.5 Å². The zero-order chi connectivity index (χ0) is 15.6. The first-order chi connectivity index (χ1) is 9.83. The van der Waals surface area contributed by atoms with Gasteiger partial charge in [-0.15, -0.1) is 0 Å². The van der Waals surface area contributed by atoms with E-state index >= 15 is 0 Å². The lowest BCUT2D eigenvalue weighted by Gasteiger charge is -2.30. The topological polar surface area (TPSA) is 55.1 Å². The maximum atomic E-state index is 13.8. The van der Waals surface area contributed by atoms with Crippen molar-refractivity contribution >= 4 is 11.6 Å². The van der Waals surface area contributed by atoms with Crippen molar-refractivity contribution in [2.45, 2.75) is 26.3 Å². The van der Waals surface area contributed by atoms with E-state index < -0.39 is 17.3 Å². The zero-order valence-electron chi connectivity index (χ0n) is 12.4. The Morgan fingerprint density at radius 1 is 1.14 bits per heavy atom. The monoisotopic (exact) mass is 286 g/mol. The van der Waals surface area contributed by atoms with Crippen LogP contribution in [0.3, 0.4) is 0 Å². The first-order valence-electron chi connectivity index (χ1n) is 6.74. The fraction of sp³-hybridized carbons (Fsp3) is 0.235. The highest BCUT2D eigenvalue weighted by atomic mass is 19.1. The van der Waals surface area contributed by atoms with Gasteiger partial charge in [-0.05, 0) is 38.5 Å². The van der Waals surface area contributed by atoms with E-state index in [1.165, 1.54) is 6.07 Å². The van der Waals surface area contributed by atoms with Crippen molar-refractivity contribution in [3.05, 3.63) is 65.0 Å². The number of carbonyl (C=O) groups is 1. The van der Waals surface area contributed by atoms with Crippen molar-refractivity contribution in [2.24, 2.45) is 5.73 Å². The minimum absolute atomic E-state index is 0.248. The minimum atomic E-state index is -1.18. The van der Waals surface area contributed by atoms with Gasteiger partial charge in [0.25, 0.3) is 0 Å². The summed E-state index contributed by atoms with van der Waals surface area (Å²) in [5.41, 5.74) is 7.40. The lowest BCUT2D eigenvalue weighted by atomic mass is 9.88. The number of carbonyl (C=O) groups excluding carboxylic acids is 1. The Morgan fingerprint density at radius 2 is 1.71 bits per heavy atom. The number of aryl methyl sites for hydroxylation is 2. The summed E-state index contributed by atoms with van der Waals surface area (Å²) in [6.45, 7) is 5.55. The van der Waals surface area contributed by atoms with Crippen LogP contribution in [0.15, 0.2) is 42.5 Å². The standard InChI is InChI=1S/C17H19FN2O/c1-11-8-12(2)10-13(9-11)17(3,16(19)21)20-15-7-5-4-6-14(15)18/h4-10,20H,1-3H3,(H2,19,21). The fourth-order valence-corrected chi connectivity index (χ4v) is 2.37. The highest BCUT2D eigenvalue weighted by Crippen LogP contribution is 2.28. The molecule has 0 spiro atoms. The molecule has 0 bridgehead atoms. The van der Waals surface area contributed by atoms with Crippen molar-refractivity contribution < 1.29 is 9.18 Å². The molecule has 1 amide bonds. The number of amides is 1. The van der Waals surface area contributed by atoms with Crippen LogP contribution in [0.4, 0.5) is 10.1 Å². The molecular weight excluding hydrogens is 267 g/mol. The number of halogens is 1. The molecule has 0 fully saturated rings. The van der Waals surface area contributed by atoms with Gasteiger partial charge in [-0.25, -0.2) is 4.39 Å². The number of hydrogen-bond donors (Lipinski definition) is 2. The number of anilines is 1. The molecule has 0 aromatic heterocycles. The summed E-state index contributed by atoms with van der Waals surface area (Å²) in [7, 11) is 0. The minimum Gasteiger partial charge on any atom is -0.367 e. The molecule has 2 aromatic rings. The van der Waals surface area contributed by atoms with Crippen molar-refractivity contribution in [1.29, 1.82) is 0 Å². The molecule has 0 radical (unpaired) electrons. The molecule has 3 N–H and O–H groups in total. The lowest BCUT2D eigenvalue weighted by Crippen LogP contribution is -2.45. The second-order valence-electron chi connectivity index (χ2n) is 5.47. The molecule has 3 nitrogen and oxygen atoms in total. The average Bonchev–Trinajstić information content (AvgIpc) is 2.40. The van der Waals surface area contributed by atoms with Gasteiger partial charge in [0.1, 0.15) is 11.4 Å². The Hall–Kier alpha value is -2.36. The third kappa shape index (κ3) is 3.05. The number of para-hydroxylation sites is 1. The van der Waals surface area contributed by atoms with Crippen LogP contribution in [0.25, 0.3) is 0 Å². The number of nitrogens with two attached hydrogens (primary N) is 1. The molecule has 0 saturated carbocycles. The van der Waals surface area contributed by atoms with Gasteiger partial charge in [-0.2, -0.15) is 0 Å². The Morgan fingerprint density at radius 3 is 2.24 bits per heavy atom. The second-order valence-corrected chi connectivity index (χ2v) is 5.47. The van der Waals surface area contributed by atoms with E-state index in [2.05, 4.69) is 5.32 Å². The summed E-state index contributed by atoms with van der Waals surface area (Å²) in [5.74, 6) is -0.981. The van der Waals surface area contributed by atoms with E-state index in [4.69, 9.17) is 5.73 Å². The Bertz CT molecular complexity index is 664. The van der Waals surface area contributed by atoms with Gasteiger partial charge in [0.15, 0.2) is 0 Å². The first-order valence-corrected chi connectivity index (χ1v) is 6.74. The average molecular weight is 286 g/mol. The number of nitrogens with one attached hydrogen (secondary N) is 1. The normalized spacial score (nSPS) is 13.5. The molecule has 0 aliphatic heterocycles. The lowest BCUT2D eigenvalue weighted by molar-refractivity contribution is -0.122. The molecule has 2 rings (SSSR count). The number of rotatable bonds is 4. The van der Waals surface area contributed by atoms with Crippen LogP contribution >= 0.6 is 0 Å². The highest BCUT2D eigenvalue weighted by molar-refractivity contribution is 5.89. The Labute approximate surface area is 124 Å². The maximum absolute atomic E-state index is 13.8. The Kier molecular flexibility index (Phi) is 3.98. The summed E-state index contributed by atoms with van der Waals surface area (Å²) in [4.78, 5) is 12.0. The molecule has 2 aromatic carbocycles. The van der Waals surface area contributed by atoms with E-state index in [-0.39, 0.29) is 5.69 Å². The van der Waals surface area contributed by atoms with Crippen LogP contribution in [0.1, 0.15) is 23.6 Å². The first kappa shape index (κ1) is 15.0. The molecule has 110 valence electrons. The van der Waals surface area contributed by atoms with Gasteiger partial charge >= 0.3 is 0 Å². The molecule has 1 unspecified atom stereocenters. The van der Waals surface area contributed by atoms with Gasteiger partial charge in [0, 0.05) is 0 Å². The largest absolute Gasteiger partial charge is 0.367 e. The van der Waals surface area contributed by atoms with Crippen LogP contribution in [0.5, 0.6) is 0 Å². The predicted octanol–water partition coefficient (Wildman–Crippen LogP) is 3.26. The van der Waals surface area contributed by atoms with Crippen molar-refractivity contribution in [2.75, 3.05) is 5.32 Å². The van der Waals surface area contributed by atoms with Crippen molar-refractivity contribution in [3.8, 4) is 0 Å². The molecule has 0 aliphatic rings. The summed E-state index contributed by atoms with van der Waals surface area (Å²) in [6.07, 6.45) is 0. The maximum Gasteiger partial charge on any atom is 0.247 e. The molecule has 0 aliphatic carbocycles. The van der Waals surface area contributed by atoms with E-state index in [9.17, 15) is 9.18 Å². The third-order valence-corrected chi connectivity index (χ3v) is 3.55. The summed E-state index contributed by atoms with van der Waals surface area (Å²) >= 11 is 0. The van der Waals surface area contributed by atoms with E-state index in [0.717, 1.165) is 16.7 Å². The molecule has 21 heavy (non-hydrogen) atoms. The third-order valence-electron chi connectivity index (χ3n) is 3.55. The van der Waals surface area contributed by atoms with Gasteiger partial charge in [0.05, 0.1) is 5.69 Å². The summed E-state index contributed by atoms with van der Waals surface area (Å²) < 4.78 is 13.8. The smallest absolute Gasteiger partial charge is 0.247 e. The van der Waals surface area contributed by atoms with Gasteiger partial charge in [-0.3, -0.25) is 4.79 Å². The SMILES string of the molecule is Cc1cc(C)cc(C(C)(Nc2ccccc2F)C(N)=O)c1. The molecular formula is C17H19FN2O. The predicted molar refractivity (Wildman–Crippen MR) is 82.5 cm³/mol. The van der Waals surface area contributed by atoms with Crippen LogP contribution in [-0.2, 0) is 10.3 Å². The quantitative estimate of drug-likeness (QED) is 0.906. The van der Waals surface area contributed by atoms with Crippen LogP contribution < -0.4 is 11.1 Å². The molecule has 1 atom stereocenters. The second kappa shape index (κ2) is 5.56. The molecule has 0 heterocycles. The number of primary amides is 1. The van der Waals surface area contributed by atoms with Crippen LogP contribution in [0.2, 0.25) is 0 Å². The van der Waals surface area contributed by atoms with Crippen LogP contribution in [0, 0.1) is 19.7 Å². The van der Waals surface area contributed by atoms with E-state index in [1.807, 2.05) is 32.0 Å². The summed E-state index contributed by atoms with van der Waals surface area (Å²) in [5, 5.41) is 2.94. The molecule has 4 heteroatoms. The summed E-state index contributed by atoms with van der Waals surface area (Å²) in [6, 6.07) is 12.0. The Balaban J connectivity index is 2.50. The molecule has 0 saturated heterocycles. The highest BCUT2D eigenvalue weighted by Gasteiger charge is 2.34. The van der Waals surface area contributed by atoms with E-state index in [1.54, 1.807) is 25.1 Å². The zero-order valence-corrected chi connectivity index (χ0v) is 12.4. The van der Waals surface area contributed by atoms with Crippen LogP contribution in [-0.4, -0.2) is 5.91 Å². The van der Waals surface area contributed by atoms with Gasteiger partial charge in [0.2, 0.25) is 5.91 Å².